The minimum Gasteiger partial charge on any atom is -0.493 e. The van der Waals surface area contributed by atoms with Crippen molar-refractivity contribution in [3.05, 3.63) is 58.6 Å². The Morgan fingerprint density at radius 3 is 2.50 bits per heavy atom. The van der Waals surface area contributed by atoms with Gasteiger partial charge >= 0.3 is 0 Å². The van der Waals surface area contributed by atoms with Crippen LogP contribution in [0.25, 0.3) is 0 Å². The first-order valence-corrected chi connectivity index (χ1v) is 13.5. The molecule has 1 amide bonds. The molecule has 0 aromatic heterocycles. The number of sulfonamides is 1. The number of halogens is 2. The van der Waals surface area contributed by atoms with Crippen molar-refractivity contribution in [1.29, 1.82) is 0 Å². The molecule has 2 aliphatic rings. The SMILES string of the molecule is O=C(C[C@]1(COc2ccccc2)CCCN(S(=O)(=O)c2cccc(Cl)c2Cl)C1)N1CCOCC1. The molecule has 0 bridgehead atoms. The minimum absolute atomic E-state index is 0.00488. The van der Waals surface area contributed by atoms with Crippen LogP contribution in [0, 0.1) is 5.41 Å². The molecule has 2 aromatic carbocycles. The fraction of sp³-hybridized carbons (Fsp3) is 0.458. The monoisotopic (exact) mass is 526 g/mol. The predicted octanol–water partition coefficient (Wildman–Crippen LogP) is 4.09. The zero-order chi connectivity index (χ0) is 24.2. The second kappa shape index (κ2) is 10.8. The molecule has 2 heterocycles. The van der Waals surface area contributed by atoms with Crippen LogP contribution in [0.15, 0.2) is 53.4 Å². The maximum Gasteiger partial charge on any atom is 0.244 e. The molecular formula is C24H28Cl2N2O5S. The Hall–Kier alpha value is -1.84. The van der Waals surface area contributed by atoms with Gasteiger partial charge in [0.2, 0.25) is 15.9 Å². The van der Waals surface area contributed by atoms with E-state index >= 15 is 0 Å². The second-order valence-corrected chi connectivity index (χ2v) is 11.5. The topological polar surface area (TPSA) is 76.2 Å². The van der Waals surface area contributed by atoms with Gasteiger partial charge in [-0.15, -0.1) is 0 Å². The number of piperidine rings is 1. The number of morpholine rings is 1. The first-order valence-electron chi connectivity index (χ1n) is 11.3. The summed E-state index contributed by atoms with van der Waals surface area (Å²) in [7, 11) is -3.91. The summed E-state index contributed by atoms with van der Waals surface area (Å²) < 4.78 is 39.9. The number of amides is 1. The van der Waals surface area contributed by atoms with Crippen molar-refractivity contribution in [3.63, 3.8) is 0 Å². The normalized spacial score (nSPS) is 21.9. The quantitative estimate of drug-likeness (QED) is 0.542. The van der Waals surface area contributed by atoms with Gasteiger partial charge in [0.05, 0.1) is 29.9 Å². The first-order chi connectivity index (χ1) is 16.3. The molecule has 34 heavy (non-hydrogen) atoms. The molecule has 2 fully saturated rings. The van der Waals surface area contributed by atoms with Gasteiger partial charge in [-0.1, -0.05) is 47.5 Å². The average molecular weight is 527 g/mol. The summed E-state index contributed by atoms with van der Waals surface area (Å²) in [5, 5.41) is 0.186. The Kier molecular flexibility index (Phi) is 8.05. The van der Waals surface area contributed by atoms with E-state index in [1.54, 1.807) is 17.0 Å². The Balaban J connectivity index is 1.60. The molecule has 10 heteroatoms. The summed E-state index contributed by atoms with van der Waals surface area (Å²) in [6.07, 6.45) is 1.46. The third-order valence-electron chi connectivity index (χ3n) is 6.34. The van der Waals surface area contributed by atoms with E-state index in [1.807, 2.05) is 30.3 Å². The molecule has 1 atom stereocenters. The Morgan fingerprint density at radius 1 is 1.03 bits per heavy atom. The Labute approximate surface area is 210 Å². The maximum absolute atomic E-state index is 13.5. The Morgan fingerprint density at radius 2 is 1.76 bits per heavy atom. The summed E-state index contributed by atoms with van der Waals surface area (Å²) in [6.45, 7) is 2.80. The molecule has 0 N–H and O–H groups in total. The smallest absolute Gasteiger partial charge is 0.244 e. The maximum atomic E-state index is 13.5. The summed E-state index contributed by atoms with van der Waals surface area (Å²) in [5.74, 6) is 0.665. The molecule has 0 aliphatic carbocycles. The van der Waals surface area contributed by atoms with Crippen LogP contribution >= 0.6 is 23.2 Å². The van der Waals surface area contributed by atoms with Gasteiger partial charge in [0, 0.05) is 38.0 Å². The van der Waals surface area contributed by atoms with Gasteiger partial charge in [-0.2, -0.15) is 4.31 Å². The van der Waals surface area contributed by atoms with E-state index in [0.717, 1.165) is 0 Å². The van der Waals surface area contributed by atoms with Crippen molar-refractivity contribution in [1.82, 2.24) is 9.21 Å². The molecule has 4 rings (SSSR count). The molecule has 0 unspecified atom stereocenters. The number of carbonyl (C=O) groups is 1. The highest BCUT2D eigenvalue weighted by Gasteiger charge is 2.43. The summed E-state index contributed by atoms with van der Waals surface area (Å²) >= 11 is 12.4. The average Bonchev–Trinajstić information content (AvgIpc) is 2.86. The fourth-order valence-corrected chi connectivity index (χ4v) is 6.83. The number of hydrogen-bond donors (Lipinski definition) is 0. The van der Waals surface area contributed by atoms with E-state index in [0.29, 0.717) is 51.4 Å². The van der Waals surface area contributed by atoms with Crippen LogP contribution in [-0.4, -0.2) is 69.5 Å². The zero-order valence-corrected chi connectivity index (χ0v) is 21.1. The number of hydrogen-bond acceptors (Lipinski definition) is 5. The highest BCUT2D eigenvalue weighted by molar-refractivity contribution is 7.89. The molecular weight excluding hydrogens is 499 g/mol. The van der Waals surface area contributed by atoms with Gasteiger partial charge in [-0.25, -0.2) is 8.42 Å². The van der Waals surface area contributed by atoms with Crippen molar-refractivity contribution in [2.75, 3.05) is 46.0 Å². The zero-order valence-electron chi connectivity index (χ0n) is 18.8. The van der Waals surface area contributed by atoms with Crippen LogP contribution in [-0.2, 0) is 19.6 Å². The molecule has 7 nitrogen and oxygen atoms in total. The highest BCUT2D eigenvalue weighted by atomic mass is 35.5. The molecule has 2 saturated heterocycles. The van der Waals surface area contributed by atoms with Crippen molar-refractivity contribution in [2.45, 2.75) is 24.2 Å². The van der Waals surface area contributed by atoms with Gasteiger partial charge in [0.25, 0.3) is 0 Å². The van der Waals surface area contributed by atoms with Gasteiger partial charge < -0.3 is 14.4 Å². The van der Waals surface area contributed by atoms with Crippen molar-refractivity contribution in [3.8, 4) is 5.75 Å². The lowest BCUT2D eigenvalue weighted by Crippen LogP contribution is -2.51. The summed E-state index contributed by atoms with van der Waals surface area (Å²) in [5.41, 5.74) is -0.679. The van der Waals surface area contributed by atoms with Crippen LogP contribution in [0.1, 0.15) is 19.3 Å². The Bertz CT molecular complexity index is 1110. The summed E-state index contributed by atoms with van der Waals surface area (Å²) in [4.78, 5) is 15.0. The number of para-hydroxylation sites is 1. The van der Waals surface area contributed by atoms with Gasteiger partial charge in [-0.05, 0) is 37.1 Å². The lowest BCUT2D eigenvalue weighted by molar-refractivity contribution is -0.139. The van der Waals surface area contributed by atoms with Crippen molar-refractivity contribution >= 4 is 39.1 Å². The third kappa shape index (κ3) is 5.69. The van der Waals surface area contributed by atoms with Crippen LogP contribution in [0.5, 0.6) is 5.75 Å². The van der Waals surface area contributed by atoms with Crippen molar-refractivity contribution < 1.29 is 22.7 Å². The number of nitrogens with zero attached hydrogens (tertiary/aromatic N) is 2. The second-order valence-electron chi connectivity index (χ2n) is 8.77. The van der Waals surface area contributed by atoms with E-state index < -0.39 is 15.4 Å². The summed E-state index contributed by atoms with van der Waals surface area (Å²) in [6, 6.07) is 13.9. The lowest BCUT2D eigenvalue weighted by atomic mass is 9.78. The number of benzene rings is 2. The highest BCUT2D eigenvalue weighted by Crippen LogP contribution is 2.39. The van der Waals surface area contributed by atoms with E-state index in [1.165, 1.54) is 10.4 Å². The van der Waals surface area contributed by atoms with Crippen molar-refractivity contribution in [2.24, 2.45) is 5.41 Å². The van der Waals surface area contributed by atoms with Gasteiger partial charge in [0.15, 0.2) is 0 Å². The lowest BCUT2D eigenvalue weighted by Gasteiger charge is -2.42. The van der Waals surface area contributed by atoms with E-state index in [2.05, 4.69) is 0 Å². The number of rotatable bonds is 7. The molecule has 2 aromatic rings. The standard InChI is InChI=1S/C24H28Cl2N2O5S/c25-20-8-4-9-21(23(20)26)34(30,31)28-11-5-10-24(17-28,18-33-19-6-2-1-3-7-19)16-22(29)27-12-14-32-15-13-27/h1-4,6-9H,5,10-18H2/t24-/m1/s1. The van der Waals surface area contributed by atoms with Crippen LogP contribution in [0.2, 0.25) is 10.0 Å². The number of carbonyl (C=O) groups excluding carboxylic acids is 1. The molecule has 2 aliphatic heterocycles. The molecule has 0 spiro atoms. The van der Waals surface area contributed by atoms with E-state index in [-0.39, 0.29) is 40.4 Å². The number of ether oxygens (including phenoxy) is 2. The molecule has 0 radical (unpaired) electrons. The minimum atomic E-state index is -3.91. The molecule has 184 valence electrons. The molecule has 0 saturated carbocycles. The third-order valence-corrected chi connectivity index (χ3v) is 9.16. The van der Waals surface area contributed by atoms with Gasteiger partial charge in [0.1, 0.15) is 10.6 Å². The van der Waals surface area contributed by atoms with Crippen LogP contribution < -0.4 is 4.74 Å². The largest absolute Gasteiger partial charge is 0.493 e. The van der Waals surface area contributed by atoms with Gasteiger partial charge in [-0.3, -0.25) is 4.79 Å². The van der Waals surface area contributed by atoms with E-state index in [9.17, 15) is 13.2 Å². The van der Waals surface area contributed by atoms with Crippen LogP contribution in [0.3, 0.4) is 0 Å². The predicted molar refractivity (Wildman–Crippen MR) is 131 cm³/mol. The fourth-order valence-electron chi connectivity index (χ4n) is 4.50. The van der Waals surface area contributed by atoms with Crippen LogP contribution in [0.4, 0.5) is 0 Å². The first kappa shape index (κ1) is 25.3. The van der Waals surface area contributed by atoms with E-state index in [4.69, 9.17) is 32.7 Å².